The van der Waals surface area contributed by atoms with Crippen molar-refractivity contribution in [2.75, 3.05) is 6.61 Å². The van der Waals surface area contributed by atoms with Gasteiger partial charge in [-0.1, -0.05) is 30.3 Å². The maximum atomic E-state index is 12.6. The lowest BCUT2D eigenvalue weighted by molar-refractivity contribution is -0.386. The Balaban J connectivity index is 2.29. The van der Waals surface area contributed by atoms with E-state index in [2.05, 4.69) is 10.6 Å². The highest BCUT2D eigenvalue weighted by atomic mass is 32.1. The van der Waals surface area contributed by atoms with Crippen LogP contribution in [0.5, 0.6) is 11.5 Å². The molecule has 0 aliphatic carbocycles. The summed E-state index contributed by atoms with van der Waals surface area (Å²) in [5, 5.41) is 28.1. The smallest absolute Gasteiger partial charge is 0.320 e. The first-order valence-electron chi connectivity index (χ1n) is 8.86. The lowest BCUT2D eigenvalue weighted by Crippen LogP contribution is -2.44. The molecule has 0 saturated carbocycles. The monoisotopic (exact) mass is 413 g/mol. The average molecular weight is 413 g/mol. The van der Waals surface area contributed by atoms with Gasteiger partial charge in [0.1, 0.15) is 0 Å². The fraction of sp³-hybridized carbons (Fsp3) is 0.200. The van der Waals surface area contributed by atoms with E-state index in [1.54, 1.807) is 6.92 Å². The molecule has 0 aromatic heterocycles. The first-order chi connectivity index (χ1) is 13.8. The van der Waals surface area contributed by atoms with Crippen LogP contribution in [-0.2, 0) is 4.79 Å². The number of phenolic OH excluding ortho intramolecular Hbond substituents is 1. The lowest BCUT2D eigenvalue weighted by atomic mass is 9.89. The van der Waals surface area contributed by atoms with Crippen LogP contribution >= 0.6 is 12.2 Å². The summed E-state index contributed by atoms with van der Waals surface area (Å²) in [5.74, 6) is -0.877. The largest absolute Gasteiger partial charge is 0.504 e. The van der Waals surface area contributed by atoms with E-state index >= 15 is 0 Å². The van der Waals surface area contributed by atoms with E-state index < -0.39 is 16.7 Å². The molecule has 0 spiro atoms. The van der Waals surface area contributed by atoms with Crippen LogP contribution in [0.15, 0.2) is 48.0 Å². The molecule has 2 aromatic rings. The summed E-state index contributed by atoms with van der Waals surface area (Å²) in [4.78, 5) is 23.8. The number of nitrogens with zero attached hydrogens (tertiary/aromatic N) is 1. The first kappa shape index (κ1) is 20.3. The van der Waals surface area contributed by atoms with E-state index in [-0.39, 0.29) is 34.6 Å². The number of carbonyl (C=O) groups excluding carboxylic acids is 1. The standard InChI is InChI=1S/C20H19N3O5S/c1-3-28-19-14(25)10-9-13(18(19)23(26)27)17-15(11(2)24)16(21-20(29)22-17)12-7-5-4-6-8-12/h4-10,17,25H,3H2,1-2H3,(H2,21,22,29). The van der Waals surface area contributed by atoms with Crippen LogP contribution in [-0.4, -0.2) is 27.5 Å². The molecule has 3 N–H and O–H groups in total. The van der Waals surface area contributed by atoms with Crippen molar-refractivity contribution in [1.29, 1.82) is 0 Å². The number of hydrogen-bond acceptors (Lipinski definition) is 6. The van der Waals surface area contributed by atoms with Gasteiger partial charge in [0, 0.05) is 5.57 Å². The van der Waals surface area contributed by atoms with Gasteiger partial charge in [-0.3, -0.25) is 14.9 Å². The van der Waals surface area contributed by atoms with Crippen molar-refractivity contribution in [2.45, 2.75) is 19.9 Å². The van der Waals surface area contributed by atoms with Gasteiger partial charge in [-0.2, -0.15) is 0 Å². The predicted molar refractivity (Wildman–Crippen MR) is 112 cm³/mol. The van der Waals surface area contributed by atoms with Crippen molar-refractivity contribution in [3.8, 4) is 11.5 Å². The Kier molecular flexibility index (Phi) is 5.79. The Morgan fingerprint density at radius 3 is 2.55 bits per heavy atom. The van der Waals surface area contributed by atoms with Gasteiger partial charge in [0.05, 0.1) is 28.8 Å². The number of ether oxygens (including phenoxy) is 1. The minimum absolute atomic E-state index is 0.126. The van der Waals surface area contributed by atoms with Gasteiger partial charge in [-0.25, -0.2) is 0 Å². The second kappa shape index (κ2) is 8.27. The van der Waals surface area contributed by atoms with Gasteiger partial charge < -0.3 is 20.5 Å². The van der Waals surface area contributed by atoms with E-state index in [1.165, 1.54) is 19.1 Å². The summed E-state index contributed by atoms with van der Waals surface area (Å²) in [7, 11) is 0. The van der Waals surface area contributed by atoms with Crippen molar-refractivity contribution in [3.63, 3.8) is 0 Å². The van der Waals surface area contributed by atoms with Gasteiger partial charge in [0.15, 0.2) is 16.6 Å². The van der Waals surface area contributed by atoms with Crippen LogP contribution in [0.2, 0.25) is 0 Å². The highest BCUT2D eigenvalue weighted by Crippen LogP contribution is 2.44. The Labute approximate surface area is 172 Å². The number of nitro groups is 1. The summed E-state index contributed by atoms with van der Waals surface area (Å²) in [5.41, 5.74) is 1.24. The maximum absolute atomic E-state index is 12.6. The molecule has 0 bridgehead atoms. The minimum atomic E-state index is -0.892. The highest BCUT2D eigenvalue weighted by molar-refractivity contribution is 7.80. The zero-order valence-electron chi connectivity index (χ0n) is 15.8. The van der Waals surface area contributed by atoms with E-state index in [1.807, 2.05) is 30.3 Å². The summed E-state index contributed by atoms with van der Waals surface area (Å²) < 4.78 is 5.33. The van der Waals surface area contributed by atoms with Crippen LogP contribution in [0.1, 0.15) is 31.0 Å². The molecule has 150 valence electrons. The fourth-order valence-electron chi connectivity index (χ4n) is 3.29. The number of thiocarbonyl (C=S) groups is 1. The molecule has 0 amide bonds. The molecule has 0 saturated heterocycles. The molecule has 29 heavy (non-hydrogen) atoms. The number of benzene rings is 2. The van der Waals surface area contributed by atoms with Crippen molar-refractivity contribution in [3.05, 3.63) is 69.3 Å². The molecule has 3 rings (SSSR count). The summed E-state index contributed by atoms with van der Waals surface area (Å²) in [6.07, 6.45) is 0. The number of Topliss-reactive ketones (excluding diaryl/α,β-unsaturated/α-hetero) is 1. The Morgan fingerprint density at radius 1 is 1.28 bits per heavy atom. The van der Waals surface area contributed by atoms with Crippen LogP contribution in [0.25, 0.3) is 5.70 Å². The molecule has 1 aliphatic heterocycles. The fourth-order valence-corrected chi connectivity index (χ4v) is 3.51. The molecule has 1 heterocycles. The SMILES string of the molecule is CCOc1c(O)ccc(C2NC(=S)NC(c3ccccc3)=C2C(C)=O)c1[N+](=O)[O-]. The number of ketones is 1. The van der Waals surface area contributed by atoms with Crippen molar-refractivity contribution < 1.29 is 19.6 Å². The molecule has 0 radical (unpaired) electrons. The number of aromatic hydroxyl groups is 1. The topological polar surface area (TPSA) is 114 Å². The normalized spacial score (nSPS) is 16.1. The quantitative estimate of drug-likeness (QED) is 0.376. The van der Waals surface area contributed by atoms with E-state index in [9.17, 15) is 20.0 Å². The average Bonchev–Trinajstić information content (AvgIpc) is 2.69. The van der Waals surface area contributed by atoms with Gasteiger partial charge in [0.2, 0.25) is 5.75 Å². The first-order valence-corrected chi connectivity index (χ1v) is 9.27. The third-order valence-corrected chi connectivity index (χ3v) is 4.66. The summed E-state index contributed by atoms with van der Waals surface area (Å²) in [6, 6.07) is 10.9. The van der Waals surface area contributed by atoms with E-state index in [0.29, 0.717) is 11.3 Å². The zero-order valence-corrected chi connectivity index (χ0v) is 16.6. The molecule has 8 nitrogen and oxygen atoms in total. The Morgan fingerprint density at radius 2 is 1.97 bits per heavy atom. The molecule has 1 aliphatic rings. The molecule has 1 atom stereocenters. The van der Waals surface area contributed by atoms with Crippen LogP contribution in [0.4, 0.5) is 5.69 Å². The van der Waals surface area contributed by atoms with Crippen molar-refractivity contribution in [1.82, 2.24) is 10.6 Å². The highest BCUT2D eigenvalue weighted by Gasteiger charge is 2.37. The number of phenols is 1. The van der Waals surface area contributed by atoms with Crippen molar-refractivity contribution in [2.24, 2.45) is 0 Å². The van der Waals surface area contributed by atoms with Crippen molar-refractivity contribution >= 4 is 34.5 Å². The number of nitro benzene ring substituents is 1. The third kappa shape index (κ3) is 3.90. The van der Waals surface area contributed by atoms with Crippen LogP contribution in [0.3, 0.4) is 0 Å². The molecular formula is C20H19N3O5S. The van der Waals surface area contributed by atoms with Gasteiger partial charge in [-0.15, -0.1) is 0 Å². The molecule has 0 fully saturated rings. The summed E-state index contributed by atoms with van der Waals surface area (Å²) in [6.45, 7) is 3.17. The van der Waals surface area contributed by atoms with E-state index in [4.69, 9.17) is 17.0 Å². The van der Waals surface area contributed by atoms with E-state index in [0.717, 1.165) is 5.56 Å². The predicted octanol–water partition coefficient (Wildman–Crippen LogP) is 3.22. The third-order valence-electron chi connectivity index (χ3n) is 4.44. The van der Waals surface area contributed by atoms with Crippen LogP contribution in [0, 0.1) is 10.1 Å². The number of carbonyl (C=O) groups is 1. The molecule has 9 heteroatoms. The van der Waals surface area contributed by atoms with Gasteiger partial charge >= 0.3 is 5.69 Å². The Bertz CT molecular complexity index is 1020. The maximum Gasteiger partial charge on any atom is 0.320 e. The Hall–Kier alpha value is -3.46. The second-order valence-electron chi connectivity index (χ2n) is 6.28. The zero-order chi connectivity index (χ0) is 21.1. The van der Waals surface area contributed by atoms with Crippen LogP contribution < -0.4 is 15.4 Å². The number of rotatable bonds is 6. The lowest BCUT2D eigenvalue weighted by Gasteiger charge is -2.31. The molecule has 1 unspecified atom stereocenters. The summed E-state index contributed by atoms with van der Waals surface area (Å²) >= 11 is 5.30. The number of nitrogens with one attached hydrogen (secondary N) is 2. The van der Waals surface area contributed by atoms with Gasteiger partial charge in [-0.05, 0) is 43.8 Å². The number of hydrogen-bond donors (Lipinski definition) is 3. The molecular weight excluding hydrogens is 394 g/mol. The second-order valence-corrected chi connectivity index (χ2v) is 6.69. The molecule has 2 aromatic carbocycles. The minimum Gasteiger partial charge on any atom is -0.504 e. The van der Waals surface area contributed by atoms with Gasteiger partial charge in [0.25, 0.3) is 0 Å².